The molecule has 0 radical (unpaired) electrons. The third kappa shape index (κ3) is 7.61. The predicted molar refractivity (Wildman–Crippen MR) is 61.2 cm³/mol. The molecule has 0 aromatic heterocycles. The Balaban J connectivity index is 4.17. The first-order chi connectivity index (χ1) is 7.26. The minimum Gasteiger partial charge on any atom is -0.468 e. The van der Waals surface area contributed by atoms with Gasteiger partial charge < -0.3 is 10.1 Å². The van der Waals surface area contributed by atoms with Crippen molar-refractivity contribution in [1.82, 2.24) is 5.32 Å². The summed E-state index contributed by atoms with van der Waals surface area (Å²) in [5, 5.41) is 7.67. The Hall–Kier alpha value is -0.660. The summed E-state index contributed by atoms with van der Waals surface area (Å²) in [4.78, 5) is 11.3. The molecule has 0 bridgehead atoms. The van der Waals surface area contributed by atoms with Gasteiger partial charge in [0, 0.05) is 6.54 Å². The van der Waals surface area contributed by atoms with Crippen molar-refractivity contribution in [2.75, 3.05) is 19.4 Å². The fourth-order valence-corrected chi connectivity index (χ4v) is 1.65. The van der Waals surface area contributed by atoms with Gasteiger partial charge in [-0.2, -0.15) is 0 Å². The number of carbonyl (C=O) groups excluding carboxylic acids is 1. The summed E-state index contributed by atoms with van der Waals surface area (Å²) in [7, 11) is -2.19. The highest BCUT2D eigenvalue weighted by Crippen LogP contribution is 2.05. The average Bonchev–Trinajstić information content (AvgIpc) is 2.12. The summed E-state index contributed by atoms with van der Waals surface area (Å²) < 4.78 is 26.0. The van der Waals surface area contributed by atoms with Gasteiger partial charge in [-0.25, -0.2) is 13.6 Å². The van der Waals surface area contributed by atoms with Crippen LogP contribution in [0.5, 0.6) is 0 Å². The van der Waals surface area contributed by atoms with Crippen LogP contribution >= 0.6 is 0 Å². The first-order valence-electron chi connectivity index (χ1n) is 5.08. The molecule has 1 unspecified atom stereocenters. The zero-order chi connectivity index (χ0) is 12.8. The van der Waals surface area contributed by atoms with Crippen molar-refractivity contribution in [3.63, 3.8) is 0 Å². The molecule has 6 nitrogen and oxygen atoms in total. The highest BCUT2D eigenvalue weighted by molar-refractivity contribution is 7.89. The Morgan fingerprint density at radius 2 is 2.00 bits per heavy atom. The van der Waals surface area contributed by atoms with Crippen molar-refractivity contribution >= 4 is 16.0 Å². The fourth-order valence-electron chi connectivity index (χ4n) is 1.25. The van der Waals surface area contributed by atoms with Crippen LogP contribution in [0.15, 0.2) is 0 Å². The Labute approximate surface area is 96.6 Å². The van der Waals surface area contributed by atoms with Gasteiger partial charge >= 0.3 is 5.97 Å². The van der Waals surface area contributed by atoms with E-state index in [0.29, 0.717) is 12.3 Å². The van der Waals surface area contributed by atoms with E-state index in [9.17, 15) is 13.2 Å². The van der Waals surface area contributed by atoms with E-state index in [1.54, 1.807) is 0 Å². The minimum absolute atomic E-state index is 0.144. The quantitative estimate of drug-likeness (QED) is 0.592. The number of esters is 1. The number of ether oxygens (including phenoxy) is 1. The second-order valence-corrected chi connectivity index (χ2v) is 5.76. The first-order valence-corrected chi connectivity index (χ1v) is 6.79. The van der Waals surface area contributed by atoms with E-state index in [1.165, 1.54) is 7.11 Å². The lowest BCUT2D eigenvalue weighted by Gasteiger charge is -2.17. The van der Waals surface area contributed by atoms with Crippen LogP contribution in [0.3, 0.4) is 0 Å². The smallest absolute Gasteiger partial charge is 0.322 e. The van der Waals surface area contributed by atoms with Crippen molar-refractivity contribution in [2.24, 2.45) is 11.1 Å². The van der Waals surface area contributed by atoms with Crippen molar-refractivity contribution < 1.29 is 17.9 Å². The molecule has 0 rings (SSSR count). The molecular weight excluding hydrogens is 232 g/mol. The Bertz CT molecular complexity index is 313. The molecule has 0 amide bonds. The van der Waals surface area contributed by atoms with Crippen LogP contribution in [-0.2, 0) is 19.6 Å². The molecule has 16 heavy (non-hydrogen) atoms. The molecule has 0 aliphatic rings. The van der Waals surface area contributed by atoms with Gasteiger partial charge in [-0.3, -0.25) is 4.79 Å². The third-order valence-electron chi connectivity index (χ3n) is 1.97. The summed E-state index contributed by atoms with van der Waals surface area (Å²) in [5.74, 6) is -0.271. The normalized spacial score (nSPS) is 13.8. The van der Waals surface area contributed by atoms with Crippen LogP contribution < -0.4 is 10.5 Å². The molecule has 0 heterocycles. The van der Waals surface area contributed by atoms with Crippen LogP contribution in [-0.4, -0.2) is 39.8 Å². The molecule has 3 N–H and O–H groups in total. The van der Waals surface area contributed by atoms with Crippen LogP contribution in [0.4, 0.5) is 0 Å². The molecule has 0 fully saturated rings. The average molecular weight is 252 g/mol. The number of hydrogen-bond donors (Lipinski definition) is 2. The molecular formula is C9H20N2O4S. The third-order valence-corrected chi connectivity index (χ3v) is 2.74. The number of rotatable bonds is 7. The Kier molecular flexibility index (Phi) is 6.54. The van der Waals surface area contributed by atoms with Crippen molar-refractivity contribution in [1.29, 1.82) is 0 Å². The van der Waals surface area contributed by atoms with Crippen molar-refractivity contribution in [3.8, 4) is 0 Å². The highest BCUT2D eigenvalue weighted by atomic mass is 32.2. The molecule has 0 aliphatic heterocycles. The minimum atomic E-state index is -3.50. The molecule has 0 saturated carbocycles. The Morgan fingerprint density at radius 3 is 2.38 bits per heavy atom. The Morgan fingerprint density at radius 1 is 1.44 bits per heavy atom. The van der Waals surface area contributed by atoms with E-state index in [2.05, 4.69) is 10.1 Å². The van der Waals surface area contributed by atoms with E-state index in [-0.39, 0.29) is 18.3 Å². The summed E-state index contributed by atoms with van der Waals surface area (Å²) in [6.45, 7) is 4.08. The second-order valence-electron chi connectivity index (χ2n) is 4.03. The largest absolute Gasteiger partial charge is 0.468 e. The summed E-state index contributed by atoms with van der Waals surface area (Å²) >= 11 is 0. The number of sulfonamides is 1. The summed E-state index contributed by atoms with van der Waals surface area (Å²) in [6, 6.07) is -0.480. The second kappa shape index (κ2) is 6.82. The lowest BCUT2D eigenvalue weighted by molar-refractivity contribution is -0.143. The standard InChI is InChI=1S/C9H20N2O4S/c1-7(2)6-8(9(12)15-3)11-4-5-16(10,13)14/h7-8,11H,4-6H2,1-3H3,(H2,10,13,14). The van der Waals surface area contributed by atoms with E-state index < -0.39 is 16.1 Å². The van der Waals surface area contributed by atoms with Crippen LogP contribution in [0, 0.1) is 5.92 Å². The van der Waals surface area contributed by atoms with Crippen LogP contribution in [0.2, 0.25) is 0 Å². The molecule has 0 saturated heterocycles. The number of nitrogens with two attached hydrogens (primary N) is 1. The topological polar surface area (TPSA) is 98.5 Å². The van der Waals surface area contributed by atoms with E-state index >= 15 is 0 Å². The van der Waals surface area contributed by atoms with Gasteiger partial charge in [0.25, 0.3) is 0 Å². The molecule has 0 aromatic rings. The van der Waals surface area contributed by atoms with Gasteiger partial charge in [-0.05, 0) is 12.3 Å². The highest BCUT2D eigenvalue weighted by Gasteiger charge is 2.20. The van der Waals surface area contributed by atoms with Gasteiger partial charge in [0.05, 0.1) is 12.9 Å². The van der Waals surface area contributed by atoms with Gasteiger partial charge in [0.1, 0.15) is 6.04 Å². The summed E-state index contributed by atoms with van der Waals surface area (Å²) in [6.07, 6.45) is 0.595. The van der Waals surface area contributed by atoms with Gasteiger partial charge in [0.2, 0.25) is 10.0 Å². The lowest BCUT2D eigenvalue weighted by Crippen LogP contribution is -2.41. The monoisotopic (exact) mass is 252 g/mol. The van der Waals surface area contributed by atoms with Gasteiger partial charge in [-0.15, -0.1) is 0 Å². The van der Waals surface area contributed by atoms with Gasteiger partial charge in [-0.1, -0.05) is 13.8 Å². The molecule has 1 atom stereocenters. The molecule has 0 aromatic carbocycles. The zero-order valence-corrected chi connectivity index (χ0v) is 10.7. The SMILES string of the molecule is COC(=O)C(CC(C)C)NCCS(N)(=O)=O. The van der Waals surface area contributed by atoms with E-state index in [4.69, 9.17) is 5.14 Å². The molecule has 0 aliphatic carbocycles. The number of hydrogen-bond acceptors (Lipinski definition) is 5. The predicted octanol–water partition coefficient (Wildman–Crippen LogP) is -0.548. The molecule has 7 heteroatoms. The van der Waals surface area contributed by atoms with Crippen molar-refractivity contribution in [2.45, 2.75) is 26.3 Å². The van der Waals surface area contributed by atoms with E-state index in [1.807, 2.05) is 13.8 Å². The summed E-state index contributed by atoms with van der Waals surface area (Å²) in [5.41, 5.74) is 0. The number of methoxy groups -OCH3 is 1. The van der Waals surface area contributed by atoms with Gasteiger partial charge in [0.15, 0.2) is 0 Å². The molecule has 96 valence electrons. The van der Waals surface area contributed by atoms with E-state index in [0.717, 1.165) is 0 Å². The molecule has 0 spiro atoms. The van der Waals surface area contributed by atoms with Crippen LogP contribution in [0.1, 0.15) is 20.3 Å². The maximum atomic E-state index is 11.3. The lowest BCUT2D eigenvalue weighted by atomic mass is 10.0. The number of carbonyl (C=O) groups is 1. The maximum absolute atomic E-state index is 11.3. The zero-order valence-electron chi connectivity index (χ0n) is 9.89. The van der Waals surface area contributed by atoms with Crippen molar-refractivity contribution in [3.05, 3.63) is 0 Å². The maximum Gasteiger partial charge on any atom is 0.322 e. The van der Waals surface area contributed by atoms with Crippen LogP contribution in [0.25, 0.3) is 0 Å². The first kappa shape index (κ1) is 15.3. The number of nitrogens with one attached hydrogen (secondary N) is 1. The number of primary sulfonamides is 1. The fraction of sp³-hybridized carbons (Fsp3) is 0.889.